The third-order valence-electron chi connectivity index (χ3n) is 3.65. The standard InChI is InChI=1S/C11H12N6O3S/c12-16-10(15-3-1-2-13-15)14-17(11(16)21)6-4-7(18)9-19-5-8(6)20-9/h1-3,6,8-9H,4-5,12H2/t6-,8-,9-/m0/s1. The second kappa shape index (κ2) is 4.48. The number of aromatic nitrogens is 5. The van der Waals surface area contributed by atoms with E-state index in [1.165, 1.54) is 9.36 Å². The lowest BCUT2D eigenvalue weighted by molar-refractivity contribution is -0.156. The molecule has 2 aliphatic heterocycles. The second-order valence-corrected chi connectivity index (χ2v) is 5.29. The fraction of sp³-hybridized carbons (Fsp3) is 0.455. The van der Waals surface area contributed by atoms with Gasteiger partial charge in [0.1, 0.15) is 6.10 Å². The van der Waals surface area contributed by atoms with Crippen molar-refractivity contribution >= 4 is 18.0 Å². The molecular formula is C11H12N6O3S. The Morgan fingerprint density at radius 3 is 3.10 bits per heavy atom. The number of hydrogen-bond acceptors (Lipinski definition) is 7. The third-order valence-corrected chi connectivity index (χ3v) is 4.03. The molecule has 2 aliphatic rings. The summed E-state index contributed by atoms with van der Waals surface area (Å²) >= 11 is 5.31. The molecular weight excluding hydrogens is 296 g/mol. The zero-order chi connectivity index (χ0) is 14.6. The molecule has 4 rings (SSSR count). The Kier molecular flexibility index (Phi) is 2.71. The van der Waals surface area contributed by atoms with Gasteiger partial charge in [0.25, 0.3) is 5.95 Å². The van der Waals surface area contributed by atoms with E-state index in [4.69, 9.17) is 27.5 Å². The van der Waals surface area contributed by atoms with Crippen molar-refractivity contribution in [2.45, 2.75) is 24.9 Å². The van der Waals surface area contributed by atoms with Crippen LogP contribution in [0.25, 0.3) is 5.95 Å². The first-order chi connectivity index (χ1) is 10.1. The molecule has 2 aromatic rings. The quantitative estimate of drug-likeness (QED) is 0.593. The van der Waals surface area contributed by atoms with E-state index in [0.717, 1.165) is 0 Å². The minimum absolute atomic E-state index is 0.108. The average molecular weight is 308 g/mol. The summed E-state index contributed by atoms with van der Waals surface area (Å²) in [4.78, 5) is 11.9. The first-order valence-electron chi connectivity index (χ1n) is 6.41. The largest absolute Gasteiger partial charge is 0.343 e. The van der Waals surface area contributed by atoms with Crippen molar-refractivity contribution in [2.24, 2.45) is 0 Å². The van der Waals surface area contributed by atoms with Crippen molar-refractivity contribution in [3.8, 4) is 5.95 Å². The van der Waals surface area contributed by atoms with Gasteiger partial charge >= 0.3 is 0 Å². The predicted octanol–water partition coefficient (Wildman–Crippen LogP) is -0.431. The van der Waals surface area contributed by atoms with Crippen LogP contribution in [0.1, 0.15) is 12.5 Å². The van der Waals surface area contributed by atoms with E-state index in [0.29, 0.717) is 17.3 Å². The maximum atomic E-state index is 11.9. The zero-order valence-electron chi connectivity index (χ0n) is 10.8. The lowest BCUT2D eigenvalue weighted by Crippen LogP contribution is -2.37. The molecule has 0 unspecified atom stereocenters. The van der Waals surface area contributed by atoms with Crippen molar-refractivity contribution in [3.05, 3.63) is 23.2 Å². The Bertz CT molecular complexity index is 751. The summed E-state index contributed by atoms with van der Waals surface area (Å²) in [5.74, 6) is 6.21. The molecule has 10 heteroatoms. The molecule has 9 nitrogen and oxygen atoms in total. The minimum Gasteiger partial charge on any atom is -0.343 e. The molecule has 2 fully saturated rings. The number of carbonyl (C=O) groups is 1. The SMILES string of the molecule is Nn1c(-n2cccn2)nn([C@H]2CC(=O)[C@H]3OC[C@@H]2O3)c1=S. The Morgan fingerprint density at radius 2 is 2.33 bits per heavy atom. The molecule has 0 amide bonds. The van der Waals surface area contributed by atoms with E-state index in [1.54, 1.807) is 23.1 Å². The van der Waals surface area contributed by atoms with Gasteiger partial charge in [-0.25, -0.2) is 9.36 Å². The number of rotatable bonds is 2. The van der Waals surface area contributed by atoms with E-state index < -0.39 is 6.29 Å². The van der Waals surface area contributed by atoms with Crippen LogP contribution in [0.2, 0.25) is 0 Å². The van der Waals surface area contributed by atoms with Crippen molar-refractivity contribution in [1.29, 1.82) is 0 Å². The summed E-state index contributed by atoms with van der Waals surface area (Å²) in [5, 5.41) is 8.47. The highest BCUT2D eigenvalue weighted by molar-refractivity contribution is 7.71. The number of Topliss-reactive ketones (excluding diaryl/α,β-unsaturated/α-hetero) is 1. The normalized spacial score (nSPS) is 28.2. The highest BCUT2D eigenvalue weighted by atomic mass is 32.1. The molecule has 0 spiro atoms. The number of fused-ring (bicyclic) bond motifs is 2. The summed E-state index contributed by atoms with van der Waals surface area (Å²) in [7, 11) is 0. The molecule has 0 saturated carbocycles. The monoisotopic (exact) mass is 308 g/mol. The molecule has 2 saturated heterocycles. The van der Waals surface area contributed by atoms with Gasteiger partial charge < -0.3 is 15.3 Å². The van der Waals surface area contributed by atoms with Crippen LogP contribution in [-0.4, -0.2) is 49.0 Å². The van der Waals surface area contributed by atoms with Gasteiger partial charge in [-0.15, -0.1) is 5.10 Å². The van der Waals surface area contributed by atoms with Crippen LogP contribution in [0, 0.1) is 4.77 Å². The lowest BCUT2D eigenvalue weighted by Gasteiger charge is -2.25. The first kappa shape index (κ1) is 12.7. The highest BCUT2D eigenvalue weighted by Crippen LogP contribution is 2.32. The first-order valence-corrected chi connectivity index (χ1v) is 6.82. The van der Waals surface area contributed by atoms with Gasteiger partial charge in [0.05, 0.1) is 12.6 Å². The third kappa shape index (κ3) is 1.83. The van der Waals surface area contributed by atoms with Crippen LogP contribution in [0.15, 0.2) is 18.5 Å². The molecule has 0 aromatic carbocycles. The zero-order valence-corrected chi connectivity index (χ0v) is 11.6. The summed E-state index contributed by atoms with van der Waals surface area (Å²) in [6.07, 6.45) is 2.59. The van der Waals surface area contributed by atoms with Crippen LogP contribution in [0.3, 0.4) is 0 Å². The van der Waals surface area contributed by atoms with Crippen LogP contribution >= 0.6 is 12.2 Å². The van der Waals surface area contributed by atoms with Gasteiger partial charge in [0, 0.05) is 18.8 Å². The summed E-state index contributed by atoms with van der Waals surface area (Å²) in [6.45, 7) is 0.345. The van der Waals surface area contributed by atoms with Gasteiger partial charge in [0.2, 0.25) is 11.1 Å². The molecule has 4 heterocycles. The molecule has 2 N–H and O–H groups in total. The van der Waals surface area contributed by atoms with Crippen LogP contribution in [0.5, 0.6) is 0 Å². The number of ether oxygens (including phenoxy) is 2. The maximum absolute atomic E-state index is 11.9. The lowest BCUT2D eigenvalue weighted by atomic mass is 10.0. The highest BCUT2D eigenvalue weighted by Gasteiger charge is 2.45. The van der Waals surface area contributed by atoms with Crippen molar-refractivity contribution < 1.29 is 14.3 Å². The van der Waals surface area contributed by atoms with Crippen LogP contribution in [-0.2, 0) is 14.3 Å². The average Bonchev–Trinajstić information content (AvgIpc) is 3.18. The summed E-state index contributed by atoms with van der Waals surface area (Å²) in [5.41, 5.74) is 0. The van der Waals surface area contributed by atoms with Crippen molar-refractivity contribution in [2.75, 3.05) is 12.4 Å². The second-order valence-electron chi connectivity index (χ2n) is 4.93. The van der Waals surface area contributed by atoms with Crippen LogP contribution < -0.4 is 5.84 Å². The topological polar surface area (TPSA) is 102 Å². The number of carbonyl (C=O) groups excluding carboxylic acids is 1. The van der Waals surface area contributed by atoms with E-state index in [-0.39, 0.29) is 24.3 Å². The molecule has 3 atom stereocenters. The molecule has 21 heavy (non-hydrogen) atoms. The van der Waals surface area contributed by atoms with Crippen molar-refractivity contribution in [1.82, 2.24) is 24.2 Å². The van der Waals surface area contributed by atoms with E-state index >= 15 is 0 Å². The molecule has 2 bridgehead atoms. The fourth-order valence-corrected chi connectivity index (χ4v) is 2.87. The maximum Gasteiger partial charge on any atom is 0.269 e. The van der Waals surface area contributed by atoms with Gasteiger partial charge in [0.15, 0.2) is 5.78 Å². The number of hydrogen-bond donors (Lipinski definition) is 1. The van der Waals surface area contributed by atoms with E-state index in [2.05, 4.69) is 10.2 Å². The van der Waals surface area contributed by atoms with Gasteiger partial charge in [-0.1, -0.05) is 0 Å². The number of ketones is 1. The Balaban J connectivity index is 1.77. The fourth-order valence-electron chi connectivity index (χ4n) is 2.61. The van der Waals surface area contributed by atoms with Gasteiger partial charge in [-0.3, -0.25) is 4.79 Å². The predicted molar refractivity (Wildman–Crippen MR) is 71.6 cm³/mol. The molecule has 0 radical (unpaired) electrons. The van der Waals surface area contributed by atoms with E-state index in [9.17, 15) is 4.79 Å². The summed E-state index contributed by atoms with van der Waals surface area (Å²) in [6, 6.07) is 1.44. The Labute approximate surface area is 123 Å². The minimum atomic E-state index is -0.744. The van der Waals surface area contributed by atoms with E-state index in [1.807, 2.05) is 0 Å². The number of nitrogens with zero attached hydrogens (tertiary/aromatic N) is 5. The summed E-state index contributed by atoms with van der Waals surface area (Å²) < 4.78 is 15.4. The molecule has 110 valence electrons. The Morgan fingerprint density at radius 1 is 1.48 bits per heavy atom. The number of nitrogens with two attached hydrogens (primary N) is 1. The molecule has 0 aliphatic carbocycles. The Hall–Kier alpha value is -2.04. The van der Waals surface area contributed by atoms with Gasteiger partial charge in [-0.2, -0.15) is 9.77 Å². The van der Waals surface area contributed by atoms with Crippen LogP contribution in [0.4, 0.5) is 0 Å². The molecule has 2 aromatic heterocycles. The smallest absolute Gasteiger partial charge is 0.269 e. The number of nitrogen functional groups attached to an aromatic ring is 1. The van der Waals surface area contributed by atoms with Gasteiger partial charge in [-0.05, 0) is 18.3 Å². The van der Waals surface area contributed by atoms with Crippen molar-refractivity contribution in [3.63, 3.8) is 0 Å².